The van der Waals surface area contributed by atoms with E-state index in [2.05, 4.69) is 0 Å². The first-order chi connectivity index (χ1) is 59.9. The molecule has 21 fully saturated rings. The van der Waals surface area contributed by atoms with Crippen molar-refractivity contribution in [3.05, 3.63) is 0 Å². The number of ether oxygens (including phenoxy) is 14. The molecule has 0 aromatic carbocycles. The van der Waals surface area contributed by atoms with Gasteiger partial charge < -0.3 is 168 Å². The lowest BCUT2D eigenvalue weighted by Crippen LogP contribution is -2.69. The smallest absolute Gasteiger partial charge is 0.192 e. The summed E-state index contributed by atoms with van der Waals surface area (Å²) in [5.74, 6) is 0. The highest BCUT2D eigenvalue weighted by Crippen LogP contribution is 2.50. The summed E-state index contributed by atoms with van der Waals surface area (Å²) in [6.45, 7) is 77.8. The van der Waals surface area contributed by atoms with E-state index < -0.39 is 322 Å². The van der Waals surface area contributed by atoms with Gasteiger partial charge in [0.2, 0.25) is 0 Å². The first kappa shape index (κ1) is 119. The van der Waals surface area contributed by atoms with E-state index in [1.165, 1.54) is 0 Å². The van der Waals surface area contributed by atoms with Gasteiger partial charge >= 0.3 is 0 Å². The summed E-state index contributed by atoms with van der Waals surface area (Å²) in [5, 5.41) is 165. The molecule has 43 heteroatoms. The summed E-state index contributed by atoms with van der Waals surface area (Å²) in [5.41, 5.74) is 0. The van der Waals surface area contributed by atoms with Gasteiger partial charge in [0.25, 0.3) is 0 Å². The molecule has 0 unspecified atom stereocenters. The fourth-order valence-electron chi connectivity index (χ4n) is 14.5. The van der Waals surface area contributed by atoms with Gasteiger partial charge in [-0.3, -0.25) is 0 Å². The van der Waals surface area contributed by atoms with Crippen LogP contribution in [-0.4, -0.2) is 394 Å². The predicted molar refractivity (Wildman–Crippen MR) is 517 cm³/mol. The highest BCUT2D eigenvalue weighted by molar-refractivity contribution is 6.77. The van der Waals surface area contributed by atoms with Crippen molar-refractivity contribution in [1.29, 1.82) is 0 Å². The maximum absolute atomic E-state index is 13.8. The molecule has 21 rings (SSSR count). The van der Waals surface area contributed by atoms with Crippen molar-refractivity contribution >= 4 is 66.5 Å². The van der Waals surface area contributed by atoms with Crippen LogP contribution >= 0.6 is 0 Å². The van der Waals surface area contributed by atoms with Gasteiger partial charge in [-0.15, -0.1) is 0 Å². The number of rotatable bonds is 23. The second-order valence-electron chi connectivity index (χ2n) is 50.7. The molecule has 0 aromatic rings. The van der Waals surface area contributed by atoms with Crippen LogP contribution in [0.25, 0.3) is 0 Å². The monoisotopic (exact) mass is 2050 g/mol. The third-order valence-electron chi connectivity index (χ3n) is 32.6. The molecule has 14 bridgehead atoms. The van der Waals surface area contributed by atoms with Crippen molar-refractivity contribution < 1.29 is 168 Å². The summed E-state index contributed by atoms with van der Waals surface area (Å²) < 4.78 is 152. The quantitative estimate of drug-likeness (QED) is 0.0424. The molecule has 784 valence electrons. The number of aliphatic hydroxyl groups is 13. The molecular weight excluding hydrogens is 1870 g/mol. The van der Waals surface area contributed by atoms with Gasteiger partial charge in [0.15, 0.2) is 111 Å². The van der Waals surface area contributed by atoms with Crippen LogP contribution in [0.2, 0.25) is 145 Å². The van der Waals surface area contributed by atoms with Gasteiger partial charge in [-0.25, -0.2) is 0 Å². The Morgan fingerprint density at radius 2 is 0.286 bits per heavy atom. The molecule has 0 spiro atoms. The highest BCUT2D eigenvalue weighted by Gasteiger charge is 2.64. The van der Waals surface area contributed by atoms with Crippen LogP contribution in [0.5, 0.6) is 0 Å². The summed E-state index contributed by atoms with van der Waals surface area (Å²) >= 11 is 0. The topological polar surface area (TPSA) is 466 Å². The average Bonchev–Trinajstić information content (AvgIpc) is 0.893. The minimum absolute atomic E-state index is 0.314. The van der Waals surface area contributed by atoms with Gasteiger partial charge in [-0.1, -0.05) is 166 Å². The van der Waals surface area contributed by atoms with E-state index in [1.54, 1.807) is 0 Å². The Hall–Kier alpha value is 0.335. The maximum atomic E-state index is 13.8. The van der Waals surface area contributed by atoms with E-state index in [-0.39, 0.29) is 46.2 Å². The summed E-state index contributed by atoms with van der Waals surface area (Å²) in [7, 11) is -23.0. The average molecular weight is 2050 g/mol. The van der Waals surface area contributed by atoms with Crippen LogP contribution < -0.4 is 0 Å². The maximum Gasteiger partial charge on any atom is 0.192 e. The first-order valence-electron chi connectivity index (χ1n) is 48.0. The Bertz CT molecular complexity index is 3610. The van der Waals surface area contributed by atoms with Crippen LogP contribution in [0.3, 0.4) is 0 Å². The normalized spacial score (nSPS) is 39.3. The molecule has 0 aromatic heterocycles. The molecule has 0 aliphatic carbocycles. The van der Waals surface area contributed by atoms with E-state index in [9.17, 15) is 66.4 Å². The lowest BCUT2D eigenvalue weighted by atomic mass is 9.95. The Morgan fingerprint density at radius 3 is 0.421 bits per heavy atom. The van der Waals surface area contributed by atoms with E-state index in [4.69, 9.17) is 102 Å². The molecule has 21 heterocycles. The fraction of sp³-hybridized carbons (Fsp3) is 1.00. The Morgan fingerprint density at radius 1 is 0.165 bits per heavy atom. The van der Waals surface area contributed by atoms with Gasteiger partial charge in [-0.05, 0) is 145 Å². The van der Waals surface area contributed by atoms with Gasteiger partial charge in [0.05, 0.1) is 46.2 Å². The van der Waals surface area contributed by atoms with Crippen molar-refractivity contribution in [3.8, 4) is 0 Å². The SMILES string of the molecule is CC(C)(C)[Si](C)(C)OC[C@H]1O[C@@H]2O[C@H]3[C@H](O)[C@@H](O)[C@@H](O[C@H]4[C@H](O)[C@@H](O)[C@@H](O[C@H]5[C@H](O)[C@@H](O)[C@@H](O[C@H]6[C@H](O)[C@@H](O[Si](C)(C)C(C)(C)C)[C@@H](O[C@H]7[C@@H](O)[C@@H](O)[C@@H](O[C@H]8[C@@H](O)[C@@H](O)[C@@H](O[C@H]1[C@H](O)[C@@H]2O)O[C@@H]8CO[Si](C)(C)C(C)(C)C)O[C@@H]7CO[Si](C)(C)C(C)(C)C)O[C@@H]6CO[Si](C)(C)C(C)(C)C)O[C@@H]5CO[Si](C)(C)C(C)(C)C)O[C@@H]4CO[Si](C)(C)C(C)(C)C)O[C@@H]3CO[Si](C)(C)C(C)(C)C. The summed E-state index contributed by atoms with van der Waals surface area (Å²) in [6, 6.07) is 0. The lowest BCUT2D eigenvalue weighted by Gasteiger charge is -2.53. The predicted octanol–water partition coefficient (Wildman–Crippen LogP) is 9.01. The number of aliphatic hydroxyl groups excluding tert-OH is 13. The largest absolute Gasteiger partial charge is 0.414 e. The third kappa shape index (κ3) is 27.2. The van der Waals surface area contributed by atoms with Crippen molar-refractivity contribution in [2.24, 2.45) is 0 Å². The van der Waals surface area contributed by atoms with Crippen LogP contribution in [0, 0.1) is 0 Å². The number of hydrogen-bond donors (Lipinski definition) is 13. The lowest BCUT2D eigenvalue weighted by molar-refractivity contribution is -0.396. The zero-order chi connectivity index (χ0) is 102. The first-order valence-corrected chi connectivity index (χ1v) is 71.3. The minimum Gasteiger partial charge on any atom is -0.414 e. The van der Waals surface area contributed by atoms with Crippen molar-refractivity contribution in [1.82, 2.24) is 0 Å². The van der Waals surface area contributed by atoms with Crippen molar-refractivity contribution in [2.75, 3.05) is 46.2 Å². The Kier molecular flexibility index (Phi) is 38.4. The number of hydrogen-bond acceptors (Lipinski definition) is 35. The summed E-state index contributed by atoms with van der Waals surface area (Å²) in [4.78, 5) is 0. The van der Waals surface area contributed by atoms with Crippen LogP contribution in [0.15, 0.2) is 0 Å². The Labute approximate surface area is 802 Å². The van der Waals surface area contributed by atoms with Crippen LogP contribution in [0.1, 0.15) is 166 Å². The molecular formula is C90H182O35Si8. The van der Waals surface area contributed by atoms with E-state index >= 15 is 0 Å². The molecule has 21 saturated heterocycles. The second-order valence-corrected chi connectivity index (χ2v) is 89.1. The third-order valence-corrected chi connectivity index (χ3v) is 68.6. The van der Waals surface area contributed by atoms with E-state index in [0.717, 1.165) is 0 Å². The minimum atomic E-state index is -3.18. The molecule has 21 aliphatic heterocycles. The van der Waals surface area contributed by atoms with Gasteiger partial charge in [0.1, 0.15) is 171 Å². The molecule has 35 atom stereocenters. The molecule has 13 N–H and O–H groups in total. The second kappa shape index (κ2) is 43.0. The highest BCUT2D eigenvalue weighted by atomic mass is 28.4. The standard InChI is InChI=1S/C90H182O35Si8/c1-83(2,3)126(25,26)104-41-48-68-55(91)61(97)77(111-48)119-70-50(43-106-128(29,30)85(7,8)9)113-79(63(99)57(70)93)121-72-52(45-108-130(33,34)87(13,14)15)115-81(65(101)59(72)95)123-74-54(47-110-132(37,38)89(19,20)21)117-82(75(67(74)103)125-133(39,40)90(22,23)24)124-73-53(46-109-131(35,36)88(16,17)18)116-80(66(102)60(73)96)122-71-51(44-107-129(31,32)86(10,11)12)114-78(64(100)58(71)94)120-69-49(42-105-127(27,28)84(4,5)6)112-76(118-68)62(98)56(69)92/h48-82,91-103H,41-47H2,1-40H3/t48-,49-,50-,51-,52-,53-,54-,55-,56-,57-,58+,59-,60+,61-,62+,63-,64-,65-,66-,67+,68-,69-,70-,71-,72-,73-,74-,75-,76-,77-,78-,79-,80-,81-,82-/m1/s1. The zero-order valence-electron chi connectivity index (χ0n) is 88.0. The Balaban J connectivity index is 1.36. The fourth-order valence-corrected chi connectivity index (χ4v) is 22.9. The molecule has 35 nitrogen and oxygen atoms in total. The molecule has 21 aliphatic rings. The van der Waals surface area contributed by atoms with Crippen molar-refractivity contribution in [3.63, 3.8) is 0 Å². The molecule has 0 saturated carbocycles. The van der Waals surface area contributed by atoms with Gasteiger partial charge in [0, 0.05) is 0 Å². The molecule has 0 radical (unpaired) electrons. The summed E-state index contributed by atoms with van der Waals surface area (Å²) in [6.07, 6.45) is -63.5. The van der Waals surface area contributed by atoms with Crippen molar-refractivity contribution in [2.45, 2.75) is 526 Å². The molecule has 133 heavy (non-hydrogen) atoms. The van der Waals surface area contributed by atoms with Gasteiger partial charge in [-0.2, -0.15) is 0 Å². The molecule has 0 amide bonds. The zero-order valence-corrected chi connectivity index (χ0v) is 96.0. The van der Waals surface area contributed by atoms with E-state index in [1.807, 2.05) is 271 Å². The van der Waals surface area contributed by atoms with E-state index in [0.29, 0.717) is 0 Å². The van der Waals surface area contributed by atoms with Crippen LogP contribution in [0.4, 0.5) is 0 Å². The van der Waals surface area contributed by atoms with Crippen LogP contribution in [-0.2, 0) is 102 Å².